The minimum Gasteiger partial charge on any atom is -0.336 e. The highest BCUT2D eigenvalue weighted by Gasteiger charge is 2.39. The van der Waals surface area contributed by atoms with E-state index in [0.717, 1.165) is 0 Å². The normalized spacial score (nSPS) is 15.2. The lowest BCUT2D eigenvalue weighted by molar-refractivity contribution is -0.894. The zero-order valence-electron chi connectivity index (χ0n) is 18.9. The summed E-state index contributed by atoms with van der Waals surface area (Å²) in [5.41, 5.74) is 1.25. The Kier molecular flexibility index (Phi) is 9.03. The van der Waals surface area contributed by atoms with Gasteiger partial charge in [0.05, 0.1) is 36.0 Å². The van der Waals surface area contributed by atoms with Gasteiger partial charge in [-0.25, -0.2) is 0 Å². The van der Waals surface area contributed by atoms with Gasteiger partial charge < -0.3 is 10.2 Å². The van der Waals surface area contributed by atoms with Gasteiger partial charge in [0.25, 0.3) is 11.6 Å². The largest absolute Gasteiger partial charge is 0.336 e. The predicted octanol–water partition coefficient (Wildman–Crippen LogP) is 2.50. The second-order valence-electron chi connectivity index (χ2n) is 7.26. The van der Waals surface area contributed by atoms with Gasteiger partial charge in [-0.2, -0.15) is 10.1 Å². The summed E-state index contributed by atoms with van der Waals surface area (Å²) in [7, 11) is 0. The van der Waals surface area contributed by atoms with E-state index in [4.69, 9.17) is 0 Å². The van der Waals surface area contributed by atoms with E-state index in [-0.39, 0.29) is 5.69 Å². The standard InChI is InChI=1S/C17H14N4O4.C6H15N/c1-11-15(17(23)20(19-11)13-5-3-2-4-6-13)16(22)18-12-7-9-14(10-8-12)21(24)25;1-4-7(5-2)6-3/h2-10,15H,1H3,(H,18,22);4-6H2,1-3H3/p+1. The number of para-hydroxylation sites is 1. The van der Waals surface area contributed by atoms with Crippen molar-refractivity contribution in [2.24, 2.45) is 11.0 Å². The Bertz CT molecular complexity index is 951. The molecule has 3 rings (SSSR count). The van der Waals surface area contributed by atoms with Crippen LogP contribution in [0, 0.1) is 16.0 Å². The molecule has 1 atom stereocenters. The van der Waals surface area contributed by atoms with Gasteiger partial charge in [0, 0.05) is 17.8 Å². The quantitative estimate of drug-likeness (QED) is 0.392. The van der Waals surface area contributed by atoms with Gasteiger partial charge in [-0.1, -0.05) is 18.2 Å². The molecular formula is C23H30N5O4+. The van der Waals surface area contributed by atoms with Gasteiger partial charge >= 0.3 is 0 Å². The van der Waals surface area contributed by atoms with Gasteiger partial charge in [-0.05, 0) is 52.0 Å². The molecule has 2 amide bonds. The van der Waals surface area contributed by atoms with Gasteiger partial charge in [-0.3, -0.25) is 19.7 Å². The highest BCUT2D eigenvalue weighted by atomic mass is 16.6. The number of nitro groups is 1. The van der Waals surface area contributed by atoms with E-state index in [1.807, 2.05) is 6.07 Å². The molecule has 0 spiro atoms. The Morgan fingerprint density at radius 3 is 2.09 bits per heavy atom. The molecule has 1 heterocycles. The molecule has 0 aliphatic carbocycles. The zero-order chi connectivity index (χ0) is 23.7. The second kappa shape index (κ2) is 11.7. The van der Waals surface area contributed by atoms with Gasteiger partial charge in [0.15, 0.2) is 5.92 Å². The fourth-order valence-electron chi connectivity index (χ4n) is 3.25. The first-order valence-electron chi connectivity index (χ1n) is 10.6. The topological polar surface area (TPSA) is 109 Å². The van der Waals surface area contributed by atoms with Crippen LogP contribution in [0.5, 0.6) is 0 Å². The first kappa shape index (κ1) is 24.7. The van der Waals surface area contributed by atoms with Crippen molar-refractivity contribution in [1.82, 2.24) is 0 Å². The number of benzene rings is 2. The summed E-state index contributed by atoms with van der Waals surface area (Å²) in [6, 6.07) is 14.2. The molecule has 2 N–H and O–H groups in total. The maximum atomic E-state index is 12.6. The maximum Gasteiger partial charge on any atom is 0.269 e. The Morgan fingerprint density at radius 2 is 1.62 bits per heavy atom. The summed E-state index contributed by atoms with van der Waals surface area (Å²) in [4.78, 5) is 36.8. The summed E-state index contributed by atoms with van der Waals surface area (Å²) in [6.45, 7) is 12.1. The zero-order valence-corrected chi connectivity index (χ0v) is 18.9. The molecule has 170 valence electrons. The summed E-state index contributed by atoms with van der Waals surface area (Å²) in [5.74, 6) is -2.00. The van der Waals surface area contributed by atoms with Crippen molar-refractivity contribution in [2.75, 3.05) is 30.0 Å². The number of hydrogen-bond acceptors (Lipinski definition) is 5. The van der Waals surface area contributed by atoms with Gasteiger partial charge in [-0.15, -0.1) is 0 Å². The first-order valence-corrected chi connectivity index (χ1v) is 10.6. The highest BCUT2D eigenvalue weighted by Crippen LogP contribution is 2.25. The first-order chi connectivity index (χ1) is 15.3. The minimum absolute atomic E-state index is 0.0806. The summed E-state index contributed by atoms with van der Waals surface area (Å²) in [5, 5.41) is 18.6. The van der Waals surface area contributed by atoms with E-state index < -0.39 is 22.7 Å². The van der Waals surface area contributed by atoms with Crippen molar-refractivity contribution < 1.29 is 19.4 Å². The number of rotatable bonds is 7. The van der Waals surface area contributed by atoms with Crippen LogP contribution in [0.4, 0.5) is 17.1 Å². The molecule has 2 aromatic rings. The Labute approximate surface area is 187 Å². The van der Waals surface area contributed by atoms with E-state index in [2.05, 4.69) is 31.2 Å². The van der Waals surface area contributed by atoms with Crippen LogP contribution in [0.1, 0.15) is 27.7 Å². The molecule has 0 fully saturated rings. The number of anilines is 2. The number of hydrogen-bond donors (Lipinski definition) is 2. The molecule has 0 saturated carbocycles. The molecule has 0 aromatic heterocycles. The summed E-state index contributed by atoms with van der Waals surface area (Å²) in [6.07, 6.45) is 0. The summed E-state index contributed by atoms with van der Waals surface area (Å²) < 4.78 is 0. The molecule has 0 radical (unpaired) electrons. The molecule has 1 unspecified atom stereocenters. The molecule has 9 nitrogen and oxygen atoms in total. The van der Waals surface area contributed by atoms with Crippen molar-refractivity contribution >= 4 is 34.6 Å². The number of nitrogens with one attached hydrogen (secondary N) is 2. The summed E-state index contributed by atoms with van der Waals surface area (Å²) >= 11 is 0. The van der Waals surface area contributed by atoms with Crippen LogP contribution in [0.2, 0.25) is 0 Å². The Balaban J connectivity index is 0.000000451. The van der Waals surface area contributed by atoms with Crippen molar-refractivity contribution in [3.05, 3.63) is 64.7 Å². The molecule has 1 aliphatic heterocycles. The van der Waals surface area contributed by atoms with E-state index >= 15 is 0 Å². The number of nitro benzene ring substituents is 1. The lowest BCUT2D eigenvalue weighted by Crippen LogP contribution is -3.11. The third-order valence-corrected chi connectivity index (χ3v) is 5.24. The average molecular weight is 441 g/mol. The lowest BCUT2D eigenvalue weighted by Gasteiger charge is -2.14. The second-order valence-corrected chi connectivity index (χ2v) is 7.26. The fraction of sp³-hybridized carbons (Fsp3) is 0.348. The predicted molar refractivity (Wildman–Crippen MR) is 125 cm³/mol. The van der Waals surface area contributed by atoms with E-state index in [1.165, 1.54) is 48.9 Å². The number of amides is 2. The number of carbonyl (C=O) groups is 2. The maximum absolute atomic E-state index is 12.6. The number of carbonyl (C=O) groups excluding carboxylic acids is 2. The van der Waals surface area contributed by atoms with Gasteiger partial charge in [0.1, 0.15) is 0 Å². The van der Waals surface area contributed by atoms with Crippen LogP contribution < -0.4 is 15.2 Å². The van der Waals surface area contributed by atoms with Crippen molar-refractivity contribution in [2.45, 2.75) is 27.7 Å². The highest BCUT2D eigenvalue weighted by molar-refractivity contribution is 6.28. The Morgan fingerprint density at radius 1 is 1.06 bits per heavy atom. The van der Waals surface area contributed by atoms with Crippen LogP contribution in [0.15, 0.2) is 59.7 Å². The molecule has 0 saturated heterocycles. The van der Waals surface area contributed by atoms with E-state index in [9.17, 15) is 19.7 Å². The van der Waals surface area contributed by atoms with Crippen molar-refractivity contribution in [3.63, 3.8) is 0 Å². The van der Waals surface area contributed by atoms with Crippen LogP contribution >= 0.6 is 0 Å². The number of nitrogens with zero attached hydrogens (tertiary/aromatic N) is 3. The molecule has 2 aromatic carbocycles. The van der Waals surface area contributed by atoms with E-state index in [1.54, 1.807) is 36.1 Å². The minimum atomic E-state index is -1.03. The third-order valence-electron chi connectivity index (χ3n) is 5.24. The van der Waals surface area contributed by atoms with Gasteiger partial charge in [0.2, 0.25) is 5.91 Å². The lowest BCUT2D eigenvalue weighted by atomic mass is 10.0. The fourth-order valence-corrected chi connectivity index (χ4v) is 3.25. The molecule has 1 aliphatic rings. The van der Waals surface area contributed by atoms with Crippen molar-refractivity contribution in [3.8, 4) is 0 Å². The van der Waals surface area contributed by atoms with Crippen LogP contribution in [0.3, 0.4) is 0 Å². The van der Waals surface area contributed by atoms with Crippen molar-refractivity contribution in [1.29, 1.82) is 0 Å². The third kappa shape index (κ3) is 6.21. The number of quaternary nitrogens is 1. The van der Waals surface area contributed by atoms with Crippen LogP contribution in [-0.2, 0) is 9.59 Å². The molecule has 9 heteroatoms. The molecule has 32 heavy (non-hydrogen) atoms. The number of non-ortho nitro benzene ring substituents is 1. The van der Waals surface area contributed by atoms with Crippen LogP contribution in [0.25, 0.3) is 0 Å². The van der Waals surface area contributed by atoms with E-state index in [0.29, 0.717) is 17.1 Å². The molecular weight excluding hydrogens is 410 g/mol. The SMILES string of the molecule is CC1=NN(c2ccccc2)C(=O)C1C(=O)Nc1ccc([N+](=O)[O-])cc1.CC[NH+](CC)CC. The monoisotopic (exact) mass is 440 g/mol. The molecule has 0 bridgehead atoms. The smallest absolute Gasteiger partial charge is 0.269 e. The average Bonchev–Trinajstić information content (AvgIpc) is 3.10. The number of hydrazone groups is 1. The Hall–Kier alpha value is -3.59. The van der Waals surface area contributed by atoms with Crippen LogP contribution in [-0.4, -0.2) is 42.1 Å².